The summed E-state index contributed by atoms with van der Waals surface area (Å²) in [5.74, 6) is -12.3. The molecule has 0 aromatic heterocycles. The predicted molar refractivity (Wildman–Crippen MR) is 63.4 cm³/mol. The van der Waals surface area contributed by atoms with Crippen molar-refractivity contribution in [3.63, 3.8) is 0 Å². The molecule has 1 fully saturated rings. The van der Waals surface area contributed by atoms with E-state index in [0.29, 0.717) is 0 Å². The Balaban J connectivity index is 2.34. The number of rotatable bonds is 0. The van der Waals surface area contributed by atoms with E-state index in [4.69, 9.17) is 0 Å². The van der Waals surface area contributed by atoms with E-state index in [2.05, 4.69) is 4.74 Å². The normalized spacial score (nSPS) is 28.9. The quantitative estimate of drug-likeness (QED) is 0.542. The summed E-state index contributed by atoms with van der Waals surface area (Å²) in [6.45, 7) is -0.867. The number of hydrogen-bond acceptors (Lipinski definition) is 3. The first kappa shape index (κ1) is 19.0. The van der Waals surface area contributed by atoms with Crippen molar-refractivity contribution in [2.45, 2.75) is 30.5 Å². The number of fused-ring (bicyclic) bond motifs is 3. The molecule has 12 heteroatoms. The van der Waals surface area contributed by atoms with Gasteiger partial charge < -0.3 is 9.84 Å². The maximum absolute atomic E-state index is 14.2. The lowest BCUT2D eigenvalue weighted by atomic mass is 9.78. The second-order valence-corrected chi connectivity index (χ2v) is 5.91. The highest BCUT2D eigenvalue weighted by molar-refractivity contribution is 6.05. The minimum Gasteiger partial charge on any atom is -0.384 e. The molecule has 1 heterocycles. The van der Waals surface area contributed by atoms with Gasteiger partial charge in [-0.25, -0.2) is 13.2 Å². The molecule has 1 N–H and O–H groups in total. The van der Waals surface area contributed by atoms with E-state index >= 15 is 0 Å². The summed E-state index contributed by atoms with van der Waals surface area (Å²) >= 11 is 0. The Labute approximate surface area is 138 Å². The molecule has 1 aromatic carbocycles. The van der Waals surface area contributed by atoms with Crippen molar-refractivity contribution >= 4 is 5.78 Å². The SMILES string of the molecule is O=C1c2c(F)c(C(F)(F)F)c(F)c(F)c2C2(O)CCOC(C(F)(F)F)C12. The Morgan fingerprint density at radius 1 is 1.00 bits per heavy atom. The van der Waals surface area contributed by atoms with Crippen molar-refractivity contribution in [2.75, 3.05) is 6.61 Å². The van der Waals surface area contributed by atoms with Crippen molar-refractivity contribution < 1.29 is 54.2 Å². The number of Topliss-reactive ketones (excluding diaryl/α,β-unsaturated/α-hetero) is 1. The van der Waals surface area contributed by atoms with Gasteiger partial charge in [-0.3, -0.25) is 4.79 Å². The molecule has 3 atom stereocenters. The fourth-order valence-corrected chi connectivity index (χ4v) is 3.46. The van der Waals surface area contributed by atoms with Gasteiger partial charge in [0.15, 0.2) is 23.5 Å². The number of carbonyl (C=O) groups is 1. The fraction of sp³-hybridized carbons (Fsp3) is 0.500. The molecule has 3 unspecified atom stereocenters. The molecular formula is C14H7F9O3. The van der Waals surface area contributed by atoms with E-state index in [-0.39, 0.29) is 0 Å². The van der Waals surface area contributed by atoms with Crippen molar-refractivity contribution in [1.29, 1.82) is 0 Å². The fourth-order valence-electron chi connectivity index (χ4n) is 3.46. The van der Waals surface area contributed by atoms with E-state index in [1.54, 1.807) is 0 Å². The zero-order valence-corrected chi connectivity index (χ0v) is 12.2. The molecule has 26 heavy (non-hydrogen) atoms. The van der Waals surface area contributed by atoms with Crippen molar-refractivity contribution in [3.05, 3.63) is 34.1 Å². The molecule has 1 aliphatic carbocycles. The van der Waals surface area contributed by atoms with Crippen LogP contribution >= 0.6 is 0 Å². The molecule has 0 spiro atoms. The van der Waals surface area contributed by atoms with E-state index in [1.165, 1.54) is 0 Å². The molecule has 1 aliphatic heterocycles. The molecule has 144 valence electrons. The highest BCUT2D eigenvalue weighted by Crippen LogP contribution is 2.54. The standard InChI is InChI=1S/C14H7F9O3/c15-7-3-4(8(16)9(17)5(7)13(18,19)20)12(25)1-2-26-11(14(21,22)23)6(12)10(3)24/h6,11,25H,1-2H2. The summed E-state index contributed by atoms with van der Waals surface area (Å²) in [6.07, 6.45) is -14.9. The number of halogens is 9. The first-order valence-corrected chi connectivity index (χ1v) is 6.96. The maximum atomic E-state index is 14.2. The minimum atomic E-state index is -5.76. The Hall–Kier alpha value is -1.82. The number of ether oxygens (including phenoxy) is 1. The van der Waals surface area contributed by atoms with E-state index in [9.17, 15) is 49.4 Å². The van der Waals surface area contributed by atoms with Gasteiger partial charge in [-0.1, -0.05) is 0 Å². The zero-order valence-electron chi connectivity index (χ0n) is 12.2. The third-order valence-corrected chi connectivity index (χ3v) is 4.49. The average molecular weight is 394 g/mol. The number of ketones is 1. The lowest BCUT2D eigenvalue weighted by Gasteiger charge is -2.40. The van der Waals surface area contributed by atoms with Crippen LogP contribution in [0.4, 0.5) is 39.5 Å². The van der Waals surface area contributed by atoms with Gasteiger partial charge in [0.25, 0.3) is 0 Å². The number of benzene rings is 1. The van der Waals surface area contributed by atoms with Crippen molar-refractivity contribution in [1.82, 2.24) is 0 Å². The molecular weight excluding hydrogens is 387 g/mol. The molecule has 2 aliphatic rings. The summed E-state index contributed by atoms with van der Waals surface area (Å²) in [5.41, 5.74) is -9.11. The van der Waals surface area contributed by atoms with Gasteiger partial charge in [0.1, 0.15) is 17.0 Å². The average Bonchev–Trinajstić information content (AvgIpc) is 2.71. The topological polar surface area (TPSA) is 46.5 Å². The molecule has 0 radical (unpaired) electrons. The van der Waals surface area contributed by atoms with Crippen molar-refractivity contribution in [3.8, 4) is 0 Å². The van der Waals surface area contributed by atoms with E-state index in [0.717, 1.165) is 0 Å². The molecule has 0 bridgehead atoms. The number of aliphatic hydroxyl groups is 1. The second kappa shape index (κ2) is 5.35. The van der Waals surface area contributed by atoms with Gasteiger partial charge in [0.05, 0.1) is 18.1 Å². The lowest BCUT2D eigenvalue weighted by Crippen LogP contribution is -2.53. The van der Waals surface area contributed by atoms with E-state index < -0.39 is 82.9 Å². The summed E-state index contributed by atoms with van der Waals surface area (Å²) in [4.78, 5) is 12.2. The van der Waals surface area contributed by atoms with Gasteiger partial charge in [-0.2, -0.15) is 26.3 Å². The van der Waals surface area contributed by atoms with Crippen LogP contribution in [0.25, 0.3) is 0 Å². The Morgan fingerprint density at radius 3 is 2.08 bits per heavy atom. The zero-order chi connectivity index (χ0) is 19.8. The third-order valence-electron chi connectivity index (χ3n) is 4.49. The van der Waals surface area contributed by atoms with Crippen LogP contribution in [0.3, 0.4) is 0 Å². The summed E-state index contributed by atoms with van der Waals surface area (Å²) < 4.78 is 124. The number of alkyl halides is 6. The van der Waals surface area contributed by atoms with Gasteiger partial charge >= 0.3 is 12.4 Å². The van der Waals surface area contributed by atoms with Gasteiger partial charge in [0.2, 0.25) is 0 Å². The van der Waals surface area contributed by atoms with Crippen LogP contribution in [0.15, 0.2) is 0 Å². The van der Waals surface area contributed by atoms with Crippen LogP contribution in [0.2, 0.25) is 0 Å². The second-order valence-electron chi connectivity index (χ2n) is 5.91. The maximum Gasteiger partial charge on any atom is 0.422 e. The molecule has 1 saturated heterocycles. The largest absolute Gasteiger partial charge is 0.422 e. The van der Waals surface area contributed by atoms with Crippen LogP contribution in [-0.4, -0.2) is 29.8 Å². The van der Waals surface area contributed by atoms with Gasteiger partial charge in [0, 0.05) is 12.0 Å². The predicted octanol–water partition coefficient (Wildman–Crippen LogP) is 3.47. The smallest absolute Gasteiger partial charge is 0.384 e. The molecule has 3 nitrogen and oxygen atoms in total. The van der Waals surface area contributed by atoms with Gasteiger partial charge in [-0.05, 0) is 0 Å². The van der Waals surface area contributed by atoms with Crippen molar-refractivity contribution in [2.24, 2.45) is 5.92 Å². The summed E-state index contributed by atoms with van der Waals surface area (Å²) in [6, 6.07) is 0. The Morgan fingerprint density at radius 2 is 1.58 bits per heavy atom. The van der Waals surface area contributed by atoms with Crippen LogP contribution in [-0.2, 0) is 16.5 Å². The molecule has 3 rings (SSSR count). The third kappa shape index (κ3) is 2.34. The number of carbonyl (C=O) groups excluding carboxylic acids is 1. The monoisotopic (exact) mass is 394 g/mol. The summed E-state index contributed by atoms with van der Waals surface area (Å²) in [7, 11) is 0. The highest BCUT2D eigenvalue weighted by atomic mass is 19.4. The molecule has 0 saturated carbocycles. The molecule has 0 amide bonds. The first-order valence-electron chi connectivity index (χ1n) is 6.96. The van der Waals surface area contributed by atoms with Crippen LogP contribution in [0.5, 0.6) is 0 Å². The lowest BCUT2D eigenvalue weighted by molar-refractivity contribution is -0.269. The van der Waals surface area contributed by atoms with Crippen LogP contribution < -0.4 is 0 Å². The number of hydrogen-bond donors (Lipinski definition) is 1. The summed E-state index contributed by atoms with van der Waals surface area (Å²) in [5, 5.41) is 10.4. The minimum absolute atomic E-state index is 0.867. The van der Waals surface area contributed by atoms with Crippen LogP contribution in [0, 0.1) is 23.4 Å². The van der Waals surface area contributed by atoms with E-state index in [1.807, 2.05) is 0 Å². The Kier molecular flexibility index (Phi) is 3.90. The van der Waals surface area contributed by atoms with Crippen LogP contribution in [0.1, 0.15) is 27.9 Å². The van der Waals surface area contributed by atoms with Gasteiger partial charge in [-0.15, -0.1) is 0 Å². The highest BCUT2D eigenvalue weighted by Gasteiger charge is 2.66. The molecule has 1 aromatic rings. The first-order chi connectivity index (χ1) is 11.7. The Bertz CT molecular complexity index is 799.